The van der Waals surface area contributed by atoms with Crippen molar-refractivity contribution in [3.63, 3.8) is 0 Å². The van der Waals surface area contributed by atoms with E-state index in [0.717, 1.165) is 49.2 Å². The Morgan fingerprint density at radius 1 is 0.836 bits per heavy atom. The lowest BCUT2D eigenvalue weighted by molar-refractivity contribution is -0.164. The Hall–Kier alpha value is -6.90. The summed E-state index contributed by atoms with van der Waals surface area (Å²) in [6.07, 6.45) is 3.39. The molecule has 8 rings (SSSR count). The van der Waals surface area contributed by atoms with Gasteiger partial charge in [-0.3, -0.25) is 19.3 Å². The number of aliphatic hydroxyl groups is 2. The number of nitrogens with zero attached hydrogens (tertiary/aromatic N) is 2. The van der Waals surface area contributed by atoms with Crippen molar-refractivity contribution in [3.05, 3.63) is 189 Å². The molecule has 0 spiro atoms. The second-order valence-corrected chi connectivity index (χ2v) is 17.5. The number of rotatable bonds is 16. The van der Waals surface area contributed by atoms with Crippen LogP contribution in [-0.2, 0) is 33.0 Å². The smallest absolute Gasteiger partial charge is 0.347 e. The van der Waals surface area contributed by atoms with Gasteiger partial charge in [-0.1, -0.05) is 103 Å². The Bertz CT molecular complexity index is 2770. The van der Waals surface area contributed by atoms with Crippen molar-refractivity contribution in [1.29, 1.82) is 0 Å². The minimum atomic E-state index is -2.03. The highest BCUT2D eigenvalue weighted by Crippen LogP contribution is 2.35. The number of aromatic nitrogens is 1. The maximum atomic E-state index is 14.0. The maximum absolute atomic E-state index is 14.0. The third kappa shape index (κ3) is 11.0. The van der Waals surface area contributed by atoms with Crippen LogP contribution in [0.15, 0.2) is 144 Å². The molecule has 1 aromatic heterocycles. The van der Waals surface area contributed by atoms with E-state index in [1.165, 1.54) is 17.7 Å². The largest absolute Gasteiger partial charge is 0.506 e. The van der Waals surface area contributed by atoms with Crippen molar-refractivity contribution < 1.29 is 34.4 Å². The van der Waals surface area contributed by atoms with E-state index in [4.69, 9.17) is 4.74 Å². The molecule has 1 fully saturated rings. The van der Waals surface area contributed by atoms with Crippen molar-refractivity contribution in [2.45, 2.75) is 57.0 Å². The molecule has 2 aliphatic rings. The minimum Gasteiger partial charge on any atom is -0.506 e. The van der Waals surface area contributed by atoms with Crippen molar-refractivity contribution in [3.8, 4) is 5.75 Å². The van der Waals surface area contributed by atoms with Gasteiger partial charge in [-0.25, -0.2) is 4.79 Å². The third-order valence-electron chi connectivity index (χ3n) is 12.9. The number of hydrogen-bond acceptors (Lipinski definition) is 10. The number of aromatic hydroxyl groups is 1. The zero-order valence-electron chi connectivity index (χ0n) is 37.6. The number of hydrogen-bond donors (Lipinski definition) is 6. The van der Waals surface area contributed by atoms with E-state index < -0.39 is 23.7 Å². The lowest BCUT2D eigenvalue weighted by atomic mass is 9.84. The van der Waals surface area contributed by atoms with Crippen LogP contribution in [0.5, 0.6) is 5.75 Å². The normalized spacial score (nSPS) is 16.4. The molecular weight excluding hydrogens is 847 g/mol. The van der Waals surface area contributed by atoms with Crippen LogP contribution in [-0.4, -0.2) is 93.3 Å². The fraction of sp³-hybridized carbons (Fsp3) is 0.296. The number of piperidine rings is 1. The monoisotopic (exact) mass is 903 g/mol. The SMILES string of the molecule is CC(NC(=O)c1ccc(CNCC(O)c2ccc(O)c3[nH]c(=O)ccc23)cc1)C(=O)N1CC=C(c2cccc(C(O)(C(=O)OCC3CCN(Cc4ccccc4)CC3)c3ccccc3)c2)CC1. The van der Waals surface area contributed by atoms with Gasteiger partial charge in [-0.15, -0.1) is 0 Å². The van der Waals surface area contributed by atoms with Gasteiger partial charge in [0.1, 0.15) is 11.8 Å². The number of pyridine rings is 1. The summed E-state index contributed by atoms with van der Waals surface area (Å²) in [6.45, 7) is 5.96. The molecule has 6 N–H and O–H groups in total. The van der Waals surface area contributed by atoms with Crippen LogP contribution in [0.4, 0.5) is 0 Å². The topological polar surface area (TPSA) is 185 Å². The molecule has 346 valence electrons. The molecule has 5 aromatic carbocycles. The summed E-state index contributed by atoms with van der Waals surface area (Å²) >= 11 is 0. The van der Waals surface area contributed by atoms with Crippen molar-refractivity contribution in [1.82, 2.24) is 25.4 Å². The number of amides is 2. The van der Waals surface area contributed by atoms with Crippen LogP contribution in [0.25, 0.3) is 16.5 Å². The number of esters is 1. The Balaban J connectivity index is 0.830. The van der Waals surface area contributed by atoms with E-state index >= 15 is 0 Å². The number of likely N-dealkylation sites (tertiary alicyclic amines) is 1. The number of ether oxygens (including phenoxy) is 1. The first-order valence-corrected chi connectivity index (χ1v) is 22.9. The molecular formula is C54H57N5O8. The molecule has 3 unspecified atom stereocenters. The molecule has 0 radical (unpaired) electrons. The second kappa shape index (κ2) is 21.2. The highest BCUT2D eigenvalue weighted by Gasteiger charge is 2.42. The summed E-state index contributed by atoms with van der Waals surface area (Å²) in [4.78, 5) is 59.3. The number of aliphatic hydroxyl groups excluding tert-OH is 1. The quantitative estimate of drug-likeness (QED) is 0.0614. The zero-order chi connectivity index (χ0) is 46.9. The number of H-pyrrole nitrogens is 1. The van der Waals surface area contributed by atoms with Gasteiger partial charge in [-0.05, 0) is 109 Å². The number of phenols is 1. The van der Waals surface area contributed by atoms with Crippen LogP contribution in [0.1, 0.15) is 76.0 Å². The molecule has 3 atom stereocenters. The molecule has 67 heavy (non-hydrogen) atoms. The summed E-state index contributed by atoms with van der Waals surface area (Å²) < 4.78 is 5.95. The lowest BCUT2D eigenvalue weighted by Gasteiger charge is -2.33. The summed E-state index contributed by atoms with van der Waals surface area (Å²) in [7, 11) is 0. The highest BCUT2D eigenvalue weighted by molar-refractivity contribution is 5.97. The number of fused-ring (bicyclic) bond motifs is 1. The Kier molecular flexibility index (Phi) is 14.7. The van der Waals surface area contributed by atoms with E-state index in [-0.39, 0.29) is 47.7 Å². The fourth-order valence-electron chi connectivity index (χ4n) is 9.01. The molecule has 0 saturated carbocycles. The van der Waals surface area contributed by atoms with Crippen molar-refractivity contribution >= 4 is 34.3 Å². The van der Waals surface area contributed by atoms with Gasteiger partial charge in [0.15, 0.2) is 0 Å². The predicted octanol–water partition coefficient (Wildman–Crippen LogP) is 6.18. The number of phenolic OH excluding ortho intramolecular Hbond substituents is 1. The molecule has 2 aliphatic heterocycles. The first-order chi connectivity index (χ1) is 32.5. The number of aromatic amines is 1. The van der Waals surface area contributed by atoms with Gasteiger partial charge >= 0.3 is 5.97 Å². The number of benzene rings is 5. The molecule has 0 bridgehead atoms. The van der Waals surface area contributed by atoms with E-state index in [0.29, 0.717) is 53.7 Å². The standard InChI is InChI=1S/C54H57N5O8/c1-36(56-51(63)41-17-15-37(16-18-41)32-55-33-48(61)45-19-21-47(60)50-46(45)20-22-49(62)57-50)52(64)59-29-25-40(26-30-59)42-11-8-14-44(31-42)54(66,43-12-6-3-7-13-43)53(65)67-35-39-23-27-58(28-24-39)34-38-9-4-2-5-10-38/h2-22,25,31,36,39,48,55,60-61,66H,23-24,26-30,32-35H2,1H3,(H,56,63)(H,57,62). The third-order valence-corrected chi connectivity index (χ3v) is 12.9. The average Bonchev–Trinajstić information content (AvgIpc) is 3.36. The molecule has 6 aromatic rings. The summed E-state index contributed by atoms with van der Waals surface area (Å²) in [5.74, 6) is -1.19. The van der Waals surface area contributed by atoms with Crippen LogP contribution in [0.2, 0.25) is 0 Å². The number of nitrogens with one attached hydrogen (secondary N) is 3. The minimum absolute atomic E-state index is 0.0783. The van der Waals surface area contributed by atoms with E-state index in [2.05, 4.69) is 44.8 Å². The first kappa shape index (κ1) is 46.6. The summed E-state index contributed by atoms with van der Waals surface area (Å²) in [6, 6.07) is 38.8. The summed E-state index contributed by atoms with van der Waals surface area (Å²) in [5.41, 5.74) is 3.62. The van der Waals surface area contributed by atoms with Gasteiger partial charge in [-0.2, -0.15) is 0 Å². The molecule has 13 heteroatoms. The lowest BCUT2D eigenvalue weighted by Crippen LogP contribution is -2.48. The first-order valence-electron chi connectivity index (χ1n) is 22.9. The molecule has 1 saturated heterocycles. The molecule has 3 heterocycles. The van der Waals surface area contributed by atoms with Gasteiger partial charge in [0.25, 0.3) is 5.91 Å². The van der Waals surface area contributed by atoms with Crippen LogP contribution >= 0.6 is 0 Å². The van der Waals surface area contributed by atoms with Crippen LogP contribution in [0, 0.1) is 5.92 Å². The number of carbonyl (C=O) groups is 3. The molecule has 2 amide bonds. The number of carbonyl (C=O) groups excluding carboxylic acids is 3. The maximum Gasteiger partial charge on any atom is 0.347 e. The summed E-state index contributed by atoms with van der Waals surface area (Å²) in [5, 5.41) is 40.0. The van der Waals surface area contributed by atoms with E-state index in [9.17, 15) is 34.5 Å². The van der Waals surface area contributed by atoms with Crippen LogP contribution < -0.4 is 16.2 Å². The van der Waals surface area contributed by atoms with E-state index in [1.54, 1.807) is 78.6 Å². The Morgan fingerprint density at radius 3 is 2.27 bits per heavy atom. The van der Waals surface area contributed by atoms with Gasteiger partial charge < -0.3 is 40.6 Å². The fourth-order valence-corrected chi connectivity index (χ4v) is 9.01. The van der Waals surface area contributed by atoms with Gasteiger partial charge in [0.2, 0.25) is 17.1 Å². The zero-order valence-corrected chi connectivity index (χ0v) is 37.6. The Morgan fingerprint density at radius 2 is 1.55 bits per heavy atom. The van der Waals surface area contributed by atoms with Gasteiger partial charge in [0, 0.05) is 55.3 Å². The highest BCUT2D eigenvalue weighted by atomic mass is 16.5. The average molecular weight is 904 g/mol. The van der Waals surface area contributed by atoms with Crippen molar-refractivity contribution in [2.75, 3.05) is 39.3 Å². The van der Waals surface area contributed by atoms with Gasteiger partial charge in [0.05, 0.1) is 18.2 Å². The Labute approximate surface area is 389 Å². The molecule has 13 nitrogen and oxygen atoms in total. The van der Waals surface area contributed by atoms with Crippen molar-refractivity contribution in [2.24, 2.45) is 5.92 Å². The van der Waals surface area contributed by atoms with Crippen LogP contribution in [0.3, 0.4) is 0 Å². The predicted molar refractivity (Wildman–Crippen MR) is 257 cm³/mol. The second-order valence-electron chi connectivity index (χ2n) is 17.5. The van der Waals surface area contributed by atoms with E-state index in [1.807, 2.05) is 36.4 Å². The molecule has 0 aliphatic carbocycles.